The molecule has 2 aromatic carbocycles. The predicted octanol–water partition coefficient (Wildman–Crippen LogP) is 3.89. The standard InChI is InChI=1S/C22H23N3O3/c1-15-8-9-18(28-17-10-11-17)12-19(15)23-22-24-21(26)20(27-2)14-25(22)13-16-6-4-3-5-7-16/h3-9,12,14,17H,10-11,13H2,1-2H3,(H,23,24,26). The Kier molecular flexibility index (Phi) is 5.02. The molecule has 0 aliphatic heterocycles. The largest absolute Gasteiger partial charge is 0.490 e. The molecular formula is C22H23N3O3. The van der Waals surface area contributed by atoms with Gasteiger partial charge >= 0.3 is 5.56 Å². The minimum absolute atomic E-state index is 0.212. The van der Waals surface area contributed by atoms with Gasteiger partial charge in [-0.2, -0.15) is 4.98 Å². The van der Waals surface area contributed by atoms with E-state index in [0.29, 0.717) is 18.6 Å². The Hall–Kier alpha value is -3.28. The molecule has 144 valence electrons. The van der Waals surface area contributed by atoms with E-state index in [1.54, 1.807) is 6.20 Å². The quantitative estimate of drug-likeness (QED) is 0.677. The van der Waals surface area contributed by atoms with Gasteiger partial charge < -0.3 is 19.4 Å². The van der Waals surface area contributed by atoms with Crippen molar-refractivity contribution in [3.63, 3.8) is 0 Å². The molecule has 1 saturated carbocycles. The highest BCUT2D eigenvalue weighted by Gasteiger charge is 2.23. The predicted molar refractivity (Wildman–Crippen MR) is 109 cm³/mol. The highest BCUT2D eigenvalue weighted by atomic mass is 16.5. The van der Waals surface area contributed by atoms with E-state index in [-0.39, 0.29) is 5.75 Å². The Morgan fingerprint density at radius 1 is 1.18 bits per heavy atom. The number of aromatic nitrogens is 2. The number of nitrogens with zero attached hydrogens (tertiary/aromatic N) is 2. The van der Waals surface area contributed by atoms with Crippen molar-refractivity contribution in [2.24, 2.45) is 0 Å². The lowest BCUT2D eigenvalue weighted by Gasteiger charge is -2.17. The second kappa shape index (κ2) is 7.76. The molecule has 3 aromatic rings. The zero-order chi connectivity index (χ0) is 19.5. The molecule has 0 saturated heterocycles. The van der Waals surface area contributed by atoms with Crippen LogP contribution in [-0.2, 0) is 6.54 Å². The Labute approximate surface area is 163 Å². The molecule has 1 aromatic heterocycles. The van der Waals surface area contributed by atoms with Gasteiger partial charge in [-0.3, -0.25) is 4.79 Å². The van der Waals surface area contributed by atoms with Crippen LogP contribution in [0.3, 0.4) is 0 Å². The molecule has 4 rings (SSSR count). The second-order valence-corrected chi connectivity index (χ2v) is 6.97. The van der Waals surface area contributed by atoms with Crippen molar-refractivity contribution in [3.8, 4) is 11.5 Å². The number of benzene rings is 2. The van der Waals surface area contributed by atoms with Crippen LogP contribution >= 0.6 is 0 Å². The van der Waals surface area contributed by atoms with E-state index < -0.39 is 5.56 Å². The highest BCUT2D eigenvalue weighted by molar-refractivity contribution is 5.61. The molecule has 1 N–H and O–H groups in total. The summed E-state index contributed by atoms with van der Waals surface area (Å²) in [5.74, 6) is 1.49. The van der Waals surface area contributed by atoms with Gasteiger partial charge in [0.05, 0.1) is 26.0 Å². The van der Waals surface area contributed by atoms with E-state index in [1.807, 2.05) is 60.0 Å². The van der Waals surface area contributed by atoms with Crippen molar-refractivity contribution in [2.75, 3.05) is 12.4 Å². The average Bonchev–Trinajstić information content (AvgIpc) is 3.51. The first kappa shape index (κ1) is 18.1. The number of aryl methyl sites for hydroxylation is 1. The first-order valence-electron chi connectivity index (χ1n) is 9.36. The molecule has 1 aliphatic carbocycles. The van der Waals surface area contributed by atoms with Crippen LogP contribution in [0.2, 0.25) is 0 Å². The van der Waals surface area contributed by atoms with E-state index in [1.165, 1.54) is 7.11 Å². The number of nitrogens with one attached hydrogen (secondary N) is 1. The van der Waals surface area contributed by atoms with Crippen LogP contribution in [0.15, 0.2) is 59.5 Å². The topological polar surface area (TPSA) is 65.4 Å². The summed E-state index contributed by atoms with van der Waals surface area (Å²) < 4.78 is 13.0. The molecular weight excluding hydrogens is 354 g/mol. The number of rotatable bonds is 7. The lowest BCUT2D eigenvalue weighted by molar-refractivity contribution is 0.303. The summed E-state index contributed by atoms with van der Waals surface area (Å²) in [5.41, 5.74) is 2.59. The summed E-state index contributed by atoms with van der Waals surface area (Å²) in [6, 6.07) is 15.9. The third-order valence-electron chi connectivity index (χ3n) is 4.66. The second-order valence-electron chi connectivity index (χ2n) is 6.97. The molecule has 1 heterocycles. The summed E-state index contributed by atoms with van der Waals surface area (Å²) in [6.07, 6.45) is 4.22. The lowest BCUT2D eigenvalue weighted by atomic mass is 10.2. The van der Waals surface area contributed by atoms with Crippen LogP contribution in [0.4, 0.5) is 11.6 Å². The molecule has 0 atom stereocenters. The lowest BCUT2D eigenvalue weighted by Crippen LogP contribution is -2.19. The monoisotopic (exact) mass is 377 g/mol. The summed E-state index contributed by atoms with van der Waals surface area (Å²) in [7, 11) is 1.47. The van der Waals surface area contributed by atoms with Gasteiger partial charge in [-0.1, -0.05) is 36.4 Å². The van der Waals surface area contributed by atoms with Crippen LogP contribution in [0.5, 0.6) is 11.5 Å². The summed E-state index contributed by atoms with van der Waals surface area (Å²) in [6.45, 7) is 2.57. The molecule has 0 unspecified atom stereocenters. The fraction of sp³-hybridized carbons (Fsp3) is 0.273. The SMILES string of the molecule is COc1cn(Cc2ccccc2)c(Nc2cc(OC3CC3)ccc2C)nc1=O. The maximum Gasteiger partial charge on any atom is 0.316 e. The maximum absolute atomic E-state index is 12.3. The van der Waals surface area contributed by atoms with Crippen molar-refractivity contribution < 1.29 is 9.47 Å². The average molecular weight is 377 g/mol. The van der Waals surface area contributed by atoms with Gasteiger partial charge in [0.2, 0.25) is 11.7 Å². The molecule has 28 heavy (non-hydrogen) atoms. The number of methoxy groups -OCH3 is 1. The number of hydrogen-bond acceptors (Lipinski definition) is 5. The fourth-order valence-electron chi connectivity index (χ4n) is 2.92. The Balaban J connectivity index is 1.68. The van der Waals surface area contributed by atoms with E-state index in [4.69, 9.17) is 9.47 Å². The molecule has 0 spiro atoms. The van der Waals surface area contributed by atoms with Crippen LogP contribution in [0, 0.1) is 6.92 Å². The van der Waals surface area contributed by atoms with Gasteiger partial charge in [-0.25, -0.2) is 0 Å². The summed E-state index contributed by atoms with van der Waals surface area (Å²) in [5, 5.41) is 3.30. The molecule has 6 heteroatoms. The zero-order valence-electron chi connectivity index (χ0n) is 16.0. The van der Waals surface area contributed by atoms with E-state index in [0.717, 1.165) is 35.4 Å². The minimum atomic E-state index is -0.405. The van der Waals surface area contributed by atoms with E-state index >= 15 is 0 Å². The van der Waals surface area contributed by atoms with Gasteiger partial charge in [-0.15, -0.1) is 0 Å². The third kappa shape index (κ3) is 4.17. The van der Waals surface area contributed by atoms with Crippen LogP contribution in [0.1, 0.15) is 24.0 Å². The highest BCUT2D eigenvalue weighted by Crippen LogP contribution is 2.30. The number of anilines is 2. The normalized spacial score (nSPS) is 13.2. The van der Waals surface area contributed by atoms with Gasteiger partial charge in [0.25, 0.3) is 0 Å². The van der Waals surface area contributed by atoms with Gasteiger partial charge in [0.1, 0.15) is 5.75 Å². The summed E-state index contributed by atoms with van der Waals surface area (Å²) >= 11 is 0. The van der Waals surface area contributed by atoms with Crippen LogP contribution < -0.4 is 20.3 Å². The maximum atomic E-state index is 12.3. The first-order valence-corrected chi connectivity index (χ1v) is 9.36. The van der Waals surface area contributed by atoms with Crippen molar-refractivity contribution in [1.82, 2.24) is 9.55 Å². The molecule has 1 fully saturated rings. The van der Waals surface area contributed by atoms with Gasteiger partial charge in [0.15, 0.2) is 0 Å². The third-order valence-corrected chi connectivity index (χ3v) is 4.66. The van der Waals surface area contributed by atoms with Gasteiger partial charge in [-0.05, 0) is 37.0 Å². The molecule has 6 nitrogen and oxygen atoms in total. The first-order chi connectivity index (χ1) is 13.6. The Bertz CT molecular complexity index is 1030. The van der Waals surface area contributed by atoms with Crippen molar-refractivity contribution in [2.45, 2.75) is 32.4 Å². The smallest absolute Gasteiger partial charge is 0.316 e. The minimum Gasteiger partial charge on any atom is -0.490 e. The van der Waals surface area contributed by atoms with Gasteiger partial charge in [0, 0.05) is 11.8 Å². The number of hydrogen-bond donors (Lipinski definition) is 1. The molecule has 1 aliphatic rings. The van der Waals surface area contributed by atoms with E-state index in [2.05, 4.69) is 10.3 Å². The molecule has 0 bridgehead atoms. The van der Waals surface area contributed by atoms with E-state index in [9.17, 15) is 4.79 Å². The Morgan fingerprint density at radius 3 is 2.68 bits per heavy atom. The summed E-state index contributed by atoms with van der Waals surface area (Å²) in [4.78, 5) is 16.5. The fourth-order valence-corrected chi connectivity index (χ4v) is 2.92. The number of ether oxygens (including phenoxy) is 2. The van der Waals surface area contributed by atoms with Crippen molar-refractivity contribution >= 4 is 11.6 Å². The van der Waals surface area contributed by atoms with Crippen LogP contribution in [-0.4, -0.2) is 22.8 Å². The van der Waals surface area contributed by atoms with Crippen LogP contribution in [0.25, 0.3) is 0 Å². The van der Waals surface area contributed by atoms with Crippen molar-refractivity contribution in [3.05, 3.63) is 76.2 Å². The zero-order valence-corrected chi connectivity index (χ0v) is 16.0. The Morgan fingerprint density at radius 2 is 1.96 bits per heavy atom. The van der Waals surface area contributed by atoms with Crippen molar-refractivity contribution in [1.29, 1.82) is 0 Å². The molecule has 0 amide bonds. The molecule has 0 radical (unpaired) electrons.